The molecule has 1 aliphatic heterocycles. The molecule has 1 aromatic carbocycles. The minimum absolute atomic E-state index is 0.367. The van der Waals surface area contributed by atoms with Crippen LogP contribution in [0, 0.1) is 6.92 Å². The van der Waals surface area contributed by atoms with Gasteiger partial charge >= 0.3 is 0 Å². The maximum atomic E-state index is 3.40. The second-order valence-electron chi connectivity index (χ2n) is 3.20. The van der Waals surface area contributed by atoms with Gasteiger partial charge in [0.25, 0.3) is 0 Å². The zero-order valence-corrected chi connectivity index (χ0v) is 7.30. The van der Waals surface area contributed by atoms with Gasteiger partial charge in [-0.3, -0.25) is 10.6 Å². The Hall–Kier alpha value is -0.860. The van der Waals surface area contributed by atoms with Crippen LogP contribution in [0.4, 0.5) is 0 Å². The van der Waals surface area contributed by atoms with Crippen molar-refractivity contribution in [1.29, 1.82) is 0 Å². The highest BCUT2D eigenvalue weighted by Gasteiger charge is 2.15. The standard InChI is InChI=1S/C10H14N2/c1-8-4-2-3-5-9(8)10-11-6-7-12-10/h2-5,10-12H,6-7H2,1H3. The molecule has 0 aliphatic carbocycles. The third kappa shape index (κ3) is 1.36. The molecule has 2 nitrogen and oxygen atoms in total. The van der Waals surface area contributed by atoms with Gasteiger partial charge in [0.05, 0.1) is 6.17 Å². The van der Waals surface area contributed by atoms with Gasteiger partial charge in [-0.15, -0.1) is 0 Å². The van der Waals surface area contributed by atoms with Gasteiger partial charge in [-0.05, 0) is 18.1 Å². The van der Waals surface area contributed by atoms with Crippen LogP contribution >= 0.6 is 0 Å². The topological polar surface area (TPSA) is 24.1 Å². The van der Waals surface area contributed by atoms with E-state index in [9.17, 15) is 0 Å². The van der Waals surface area contributed by atoms with Crippen molar-refractivity contribution in [2.24, 2.45) is 0 Å². The zero-order valence-electron chi connectivity index (χ0n) is 7.30. The molecule has 0 amide bonds. The molecule has 1 saturated heterocycles. The van der Waals surface area contributed by atoms with Gasteiger partial charge in [-0.2, -0.15) is 0 Å². The van der Waals surface area contributed by atoms with Gasteiger partial charge in [0, 0.05) is 13.1 Å². The molecule has 0 atom stereocenters. The van der Waals surface area contributed by atoms with Gasteiger partial charge in [0.2, 0.25) is 0 Å². The predicted octanol–water partition coefficient (Wildman–Crippen LogP) is 1.19. The number of benzene rings is 1. The Bertz CT molecular complexity index is 264. The van der Waals surface area contributed by atoms with Gasteiger partial charge < -0.3 is 0 Å². The average Bonchev–Trinajstić information content (AvgIpc) is 2.57. The van der Waals surface area contributed by atoms with Crippen LogP contribution in [0.15, 0.2) is 24.3 Å². The van der Waals surface area contributed by atoms with Crippen molar-refractivity contribution in [1.82, 2.24) is 10.6 Å². The molecule has 0 unspecified atom stereocenters. The van der Waals surface area contributed by atoms with Gasteiger partial charge in [-0.1, -0.05) is 24.3 Å². The lowest BCUT2D eigenvalue weighted by Crippen LogP contribution is -2.21. The molecule has 2 heteroatoms. The summed E-state index contributed by atoms with van der Waals surface area (Å²) in [5.74, 6) is 0. The molecular formula is C10H14N2. The molecule has 0 aromatic heterocycles. The fraction of sp³-hybridized carbons (Fsp3) is 0.400. The summed E-state index contributed by atoms with van der Waals surface area (Å²) in [6.07, 6.45) is 0.367. The minimum Gasteiger partial charge on any atom is -0.297 e. The molecule has 64 valence electrons. The summed E-state index contributed by atoms with van der Waals surface area (Å²) >= 11 is 0. The van der Waals surface area contributed by atoms with Crippen LogP contribution in [0.3, 0.4) is 0 Å². The lowest BCUT2D eigenvalue weighted by molar-refractivity contribution is 0.585. The van der Waals surface area contributed by atoms with Crippen LogP contribution in [-0.4, -0.2) is 13.1 Å². The van der Waals surface area contributed by atoms with Crippen molar-refractivity contribution >= 4 is 0 Å². The van der Waals surface area contributed by atoms with Crippen LogP contribution in [0.1, 0.15) is 17.3 Å². The highest BCUT2D eigenvalue weighted by Crippen LogP contribution is 2.16. The van der Waals surface area contributed by atoms with Crippen LogP contribution < -0.4 is 10.6 Å². The summed E-state index contributed by atoms with van der Waals surface area (Å²) < 4.78 is 0. The summed E-state index contributed by atoms with van der Waals surface area (Å²) in [4.78, 5) is 0. The minimum atomic E-state index is 0.367. The number of nitrogens with one attached hydrogen (secondary N) is 2. The van der Waals surface area contributed by atoms with Crippen LogP contribution in [0.25, 0.3) is 0 Å². The van der Waals surface area contributed by atoms with E-state index in [4.69, 9.17) is 0 Å². The van der Waals surface area contributed by atoms with E-state index in [2.05, 4.69) is 41.8 Å². The molecule has 1 aliphatic rings. The Kier molecular flexibility index (Phi) is 2.11. The van der Waals surface area contributed by atoms with E-state index >= 15 is 0 Å². The molecule has 1 heterocycles. The van der Waals surface area contributed by atoms with Crippen LogP contribution in [-0.2, 0) is 0 Å². The normalized spacial score (nSPS) is 18.4. The van der Waals surface area contributed by atoms with E-state index in [1.165, 1.54) is 11.1 Å². The summed E-state index contributed by atoms with van der Waals surface area (Å²) in [5, 5.41) is 6.81. The largest absolute Gasteiger partial charge is 0.297 e. The van der Waals surface area contributed by atoms with Crippen molar-refractivity contribution in [3.05, 3.63) is 35.4 Å². The summed E-state index contributed by atoms with van der Waals surface area (Å²) in [6.45, 7) is 4.29. The number of hydrogen-bond donors (Lipinski definition) is 2. The smallest absolute Gasteiger partial charge is 0.0838 e. The maximum absolute atomic E-state index is 3.40. The first-order valence-electron chi connectivity index (χ1n) is 4.40. The van der Waals surface area contributed by atoms with E-state index in [1.54, 1.807) is 0 Å². The van der Waals surface area contributed by atoms with Crippen molar-refractivity contribution < 1.29 is 0 Å². The molecule has 2 N–H and O–H groups in total. The summed E-state index contributed by atoms with van der Waals surface area (Å²) in [6, 6.07) is 8.49. The molecule has 0 bridgehead atoms. The molecule has 0 radical (unpaired) electrons. The molecule has 0 spiro atoms. The Morgan fingerprint density at radius 1 is 1.17 bits per heavy atom. The summed E-state index contributed by atoms with van der Waals surface area (Å²) in [7, 11) is 0. The molecular weight excluding hydrogens is 148 g/mol. The van der Waals surface area contributed by atoms with Crippen molar-refractivity contribution in [3.8, 4) is 0 Å². The molecule has 12 heavy (non-hydrogen) atoms. The van der Waals surface area contributed by atoms with Gasteiger partial charge in [-0.25, -0.2) is 0 Å². The highest BCUT2D eigenvalue weighted by atomic mass is 15.2. The molecule has 2 rings (SSSR count). The Morgan fingerprint density at radius 3 is 2.50 bits per heavy atom. The van der Waals surface area contributed by atoms with Crippen LogP contribution in [0.5, 0.6) is 0 Å². The quantitative estimate of drug-likeness (QED) is 0.648. The first-order valence-corrected chi connectivity index (χ1v) is 4.40. The van der Waals surface area contributed by atoms with E-state index < -0.39 is 0 Å². The molecule has 0 saturated carbocycles. The lowest BCUT2D eigenvalue weighted by Gasteiger charge is -2.13. The van der Waals surface area contributed by atoms with Gasteiger partial charge in [0.15, 0.2) is 0 Å². The fourth-order valence-corrected chi connectivity index (χ4v) is 1.64. The SMILES string of the molecule is Cc1ccccc1C1NCCN1. The Labute approximate surface area is 73.0 Å². The number of aryl methyl sites for hydroxylation is 1. The van der Waals surface area contributed by atoms with E-state index in [-0.39, 0.29) is 0 Å². The van der Waals surface area contributed by atoms with Crippen molar-refractivity contribution in [2.75, 3.05) is 13.1 Å². The monoisotopic (exact) mass is 162 g/mol. The zero-order chi connectivity index (χ0) is 8.39. The third-order valence-electron chi connectivity index (χ3n) is 2.32. The predicted molar refractivity (Wildman–Crippen MR) is 49.9 cm³/mol. The maximum Gasteiger partial charge on any atom is 0.0838 e. The first kappa shape index (κ1) is 7.77. The van der Waals surface area contributed by atoms with Crippen molar-refractivity contribution in [3.63, 3.8) is 0 Å². The summed E-state index contributed by atoms with van der Waals surface area (Å²) in [5.41, 5.74) is 2.72. The van der Waals surface area contributed by atoms with Crippen molar-refractivity contribution in [2.45, 2.75) is 13.1 Å². The van der Waals surface area contributed by atoms with E-state index in [1.807, 2.05) is 0 Å². The van der Waals surface area contributed by atoms with Gasteiger partial charge in [0.1, 0.15) is 0 Å². The average molecular weight is 162 g/mol. The Morgan fingerprint density at radius 2 is 1.83 bits per heavy atom. The number of hydrogen-bond acceptors (Lipinski definition) is 2. The number of rotatable bonds is 1. The fourth-order valence-electron chi connectivity index (χ4n) is 1.64. The Balaban J connectivity index is 2.26. The van der Waals surface area contributed by atoms with E-state index in [0.29, 0.717) is 6.17 Å². The van der Waals surface area contributed by atoms with Crippen LogP contribution in [0.2, 0.25) is 0 Å². The highest BCUT2D eigenvalue weighted by molar-refractivity contribution is 5.28. The molecule has 1 fully saturated rings. The second kappa shape index (κ2) is 3.25. The van der Waals surface area contributed by atoms with E-state index in [0.717, 1.165) is 13.1 Å². The lowest BCUT2D eigenvalue weighted by atomic mass is 10.1. The molecule has 1 aromatic rings. The first-order chi connectivity index (χ1) is 5.88. The third-order valence-corrected chi connectivity index (χ3v) is 2.32. The second-order valence-corrected chi connectivity index (χ2v) is 3.20.